The number of carbonyl (C=O) groups excluding carboxylic acids is 2. The Bertz CT molecular complexity index is 1880. The van der Waals surface area contributed by atoms with E-state index in [1.165, 1.54) is 0 Å². The number of aromatic nitrogens is 4. The maximum Gasteiger partial charge on any atom is 0.229 e. The molecule has 44 heavy (non-hydrogen) atoms. The number of aromatic amines is 1. The van der Waals surface area contributed by atoms with Crippen molar-refractivity contribution < 1.29 is 14.3 Å². The Kier molecular flexibility index (Phi) is 7.20. The quantitative estimate of drug-likeness (QED) is 0.216. The molecule has 2 aliphatic heterocycles. The number of likely N-dealkylation sites (tertiary alicyclic amines) is 1. The summed E-state index contributed by atoms with van der Waals surface area (Å²) in [5.74, 6) is -0.0424. The van der Waals surface area contributed by atoms with E-state index in [4.69, 9.17) is 11.6 Å². The highest BCUT2D eigenvalue weighted by molar-refractivity contribution is 6.35. The fraction of sp³-hybridized carbons (Fsp3) is 0.324. The number of halogens is 1. The molecule has 0 bridgehead atoms. The minimum absolute atomic E-state index is 0.0457. The summed E-state index contributed by atoms with van der Waals surface area (Å²) in [5.41, 5.74) is 3.44. The molecule has 1 saturated heterocycles. The van der Waals surface area contributed by atoms with Crippen LogP contribution in [-0.4, -0.2) is 49.9 Å². The number of piperidine rings is 1. The molecule has 224 valence electrons. The lowest BCUT2D eigenvalue weighted by Crippen LogP contribution is -2.46. The summed E-state index contributed by atoms with van der Waals surface area (Å²) in [4.78, 5) is 36.0. The first-order chi connectivity index (χ1) is 21.3. The zero-order chi connectivity index (χ0) is 30.4. The van der Waals surface area contributed by atoms with Gasteiger partial charge in [0.2, 0.25) is 11.8 Å². The molecule has 1 atom stereocenters. The van der Waals surface area contributed by atoms with E-state index >= 15 is 0 Å². The Morgan fingerprint density at radius 1 is 1.14 bits per heavy atom. The van der Waals surface area contributed by atoms with E-state index in [2.05, 4.69) is 15.2 Å². The zero-order valence-corrected chi connectivity index (χ0v) is 25.3. The van der Waals surface area contributed by atoms with Crippen molar-refractivity contribution in [3.05, 3.63) is 106 Å². The molecule has 0 aliphatic carbocycles. The fourth-order valence-corrected chi connectivity index (χ4v) is 7.27. The van der Waals surface area contributed by atoms with Gasteiger partial charge < -0.3 is 15.0 Å². The molecule has 0 radical (unpaired) electrons. The van der Waals surface area contributed by atoms with Crippen LogP contribution in [0, 0.1) is 10.6 Å². The Hall–Kier alpha value is -4.50. The van der Waals surface area contributed by atoms with Crippen molar-refractivity contribution in [1.29, 1.82) is 0 Å². The minimum atomic E-state index is -0.969. The van der Waals surface area contributed by atoms with Gasteiger partial charge in [0.25, 0.3) is 0 Å². The molecular weight excluding hydrogens is 576 g/mol. The predicted octanol–water partition coefficient (Wildman–Crippen LogP) is 5.29. The SMILES string of the molecule is C[C@@]1(CC(=O)N2CCC(c3cc4ccccc4c[n+]3[O-])CC2)Cc2cc(Cl)c3[nH]ncc3c2CN(Cc2ccncc2)C1=O. The molecule has 1 fully saturated rings. The number of nitrogens with zero attached hydrogens (tertiary/aromatic N) is 5. The number of hydrogen-bond acceptors (Lipinski definition) is 5. The number of amides is 2. The first-order valence-corrected chi connectivity index (χ1v) is 15.4. The second kappa shape index (κ2) is 11.2. The van der Waals surface area contributed by atoms with Crippen LogP contribution < -0.4 is 4.73 Å². The molecule has 3 aromatic heterocycles. The summed E-state index contributed by atoms with van der Waals surface area (Å²) < 4.78 is 0.979. The summed E-state index contributed by atoms with van der Waals surface area (Å²) in [6, 6.07) is 15.6. The maximum absolute atomic E-state index is 14.3. The summed E-state index contributed by atoms with van der Waals surface area (Å²) >= 11 is 6.64. The number of benzene rings is 2. The van der Waals surface area contributed by atoms with E-state index in [-0.39, 0.29) is 24.2 Å². The number of hydrogen-bond donors (Lipinski definition) is 1. The molecule has 0 unspecified atom stereocenters. The van der Waals surface area contributed by atoms with Gasteiger partial charge in [0.1, 0.15) is 0 Å². The lowest BCUT2D eigenvalue weighted by Gasteiger charge is -2.36. The van der Waals surface area contributed by atoms with Gasteiger partial charge >= 0.3 is 0 Å². The molecule has 7 rings (SSSR count). The molecule has 2 aromatic carbocycles. The van der Waals surface area contributed by atoms with Gasteiger partial charge in [0.15, 0.2) is 11.9 Å². The van der Waals surface area contributed by atoms with Gasteiger partial charge in [-0.1, -0.05) is 29.8 Å². The van der Waals surface area contributed by atoms with Gasteiger partial charge in [0.05, 0.1) is 22.2 Å². The van der Waals surface area contributed by atoms with Gasteiger partial charge in [-0.05, 0) is 72.5 Å². The predicted molar refractivity (Wildman–Crippen MR) is 167 cm³/mol. The topological polar surface area (TPSA) is 109 Å². The van der Waals surface area contributed by atoms with E-state index < -0.39 is 5.41 Å². The zero-order valence-electron chi connectivity index (χ0n) is 24.5. The number of nitrogens with one attached hydrogen (secondary N) is 1. The van der Waals surface area contributed by atoms with E-state index in [1.54, 1.807) is 24.8 Å². The molecule has 5 aromatic rings. The van der Waals surface area contributed by atoms with Crippen LogP contribution in [0.3, 0.4) is 0 Å². The minimum Gasteiger partial charge on any atom is -0.618 e. The van der Waals surface area contributed by atoms with E-state index in [0.717, 1.165) is 48.8 Å². The third-order valence-corrected chi connectivity index (χ3v) is 9.66. The first kappa shape index (κ1) is 28.3. The van der Waals surface area contributed by atoms with Crippen LogP contribution in [0.25, 0.3) is 21.7 Å². The van der Waals surface area contributed by atoms with Gasteiger partial charge in [0, 0.05) is 67.8 Å². The Balaban J connectivity index is 1.13. The number of pyridine rings is 2. The van der Waals surface area contributed by atoms with Crippen LogP contribution in [0.5, 0.6) is 0 Å². The first-order valence-electron chi connectivity index (χ1n) is 15.0. The number of rotatable bonds is 5. The molecule has 2 aliphatic rings. The van der Waals surface area contributed by atoms with Crippen LogP contribution in [-0.2, 0) is 29.1 Å². The summed E-state index contributed by atoms with van der Waals surface area (Å²) in [5, 5.41) is 23.4. The van der Waals surface area contributed by atoms with Crippen molar-refractivity contribution in [3.63, 3.8) is 0 Å². The third-order valence-electron chi connectivity index (χ3n) is 9.37. The largest absolute Gasteiger partial charge is 0.618 e. The average Bonchev–Trinajstić information content (AvgIpc) is 3.50. The van der Waals surface area contributed by atoms with Crippen molar-refractivity contribution >= 4 is 45.1 Å². The molecule has 5 heterocycles. The second-order valence-electron chi connectivity index (χ2n) is 12.4. The van der Waals surface area contributed by atoms with E-state index in [1.807, 2.05) is 65.3 Å². The van der Waals surface area contributed by atoms with Crippen molar-refractivity contribution in [3.8, 4) is 0 Å². The van der Waals surface area contributed by atoms with Crippen LogP contribution in [0.2, 0.25) is 5.02 Å². The standard InChI is InChI=1S/C34H33ClN6O3/c1-34(17-31(42)39-12-8-23(9-13-39)30-15-24-4-2-3-5-25(24)20-41(30)44)16-26-14-29(35)32-27(18-37-38-32)28(26)21-40(33(34)43)19-22-6-10-36-11-7-22/h2-7,10-11,14-15,18,20,23H,8-9,12-13,16-17,19,21H2,1H3,(H,37,38)/t34-/m0/s1. The number of fused-ring (bicyclic) bond motifs is 4. The molecule has 1 N–H and O–H groups in total. The van der Waals surface area contributed by atoms with Crippen molar-refractivity contribution in [2.75, 3.05) is 13.1 Å². The molecule has 0 saturated carbocycles. The van der Waals surface area contributed by atoms with Crippen LogP contribution in [0.15, 0.2) is 73.3 Å². The second-order valence-corrected chi connectivity index (χ2v) is 12.8. The van der Waals surface area contributed by atoms with Gasteiger partial charge in [-0.25, -0.2) is 0 Å². The molecule has 2 amide bonds. The van der Waals surface area contributed by atoms with Crippen molar-refractivity contribution in [2.24, 2.45) is 5.41 Å². The van der Waals surface area contributed by atoms with Gasteiger partial charge in [-0.2, -0.15) is 9.83 Å². The molecular formula is C34H33ClN6O3. The fourth-order valence-electron chi connectivity index (χ4n) is 6.99. The Morgan fingerprint density at radius 3 is 2.66 bits per heavy atom. The summed E-state index contributed by atoms with van der Waals surface area (Å²) in [7, 11) is 0. The van der Waals surface area contributed by atoms with Crippen LogP contribution in [0.1, 0.15) is 54.5 Å². The van der Waals surface area contributed by atoms with Gasteiger partial charge in [-0.15, -0.1) is 0 Å². The average molecular weight is 609 g/mol. The Morgan fingerprint density at radius 2 is 1.89 bits per heavy atom. The number of H-pyrrole nitrogens is 1. The highest BCUT2D eigenvalue weighted by Gasteiger charge is 2.43. The van der Waals surface area contributed by atoms with E-state index in [9.17, 15) is 14.8 Å². The molecule has 9 nitrogen and oxygen atoms in total. The lowest BCUT2D eigenvalue weighted by molar-refractivity contribution is -0.614. The Labute approximate surface area is 260 Å². The van der Waals surface area contributed by atoms with E-state index in [0.29, 0.717) is 50.5 Å². The van der Waals surface area contributed by atoms with Crippen LogP contribution in [0.4, 0.5) is 0 Å². The normalized spacial score (nSPS) is 19.4. The smallest absolute Gasteiger partial charge is 0.229 e. The van der Waals surface area contributed by atoms with Crippen molar-refractivity contribution in [1.82, 2.24) is 25.0 Å². The summed E-state index contributed by atoms with van der Waals surface area (Å²) in [6.45, 7) is 3.77. The monoisotopic (exact) mass is 608 g/mol. The molecule has 0 spiro atoms. The third kappa shape index (κ3) is 5.15. The lowest BCUT2D eigenvalue weighted by atomic mass is 9.78. The number of carbonyl (C=O) groups is 2. The highest BCUT2D eigenvalue weighted by Crippen LogP contribution is 2.40. The molecule has 10 heteroatoms. The highest BCUT2D eigenvalue weighted by atomic mass is 35.5. The summed E-state index contributed by atoms with van der Waals surface area (Å²) in [6.07, 6.45) is 8.71. The van der Waals surface area contributed by atoms with Crippen molar-refractivity contribution in [2.45, 2.75) is 51.6 Å². The van der Waals surface area contributed by atoms with Gasteiger partial charge in [-0.3, -0.25) is 19.7 Å². The van der Waals surface area contributed by atoms with Crippen LogP contribution >= 0.6 is 11.6 Å². The maximum atomic E-state index is 14.3.